The van der Waals surface area contributed by atoms with E-state index >= 15 is 0 Å². The molecule has 0 bridgehead atoms. The van der Waals surface area contributed by atoms with Crippen LogP contribution in [0.4, 0.5) is 4.39 Å². The van der Waals surface area contributed by atoms with E-state index in [1.54, 1.807) is 6.07 Å². The van der Waals surface area contributed by atoms with Gasteiger partial charge in [0.15, 0.2) is 0 Å². The van der Waals surface area contributed by atoms with E-state index in [0.29, 0.717) is 11.6 Å². The van der Waals surface area contributed by atoms with Crippen molar-refractivity contribution in [3.63, 3.8) is 0 Å². The van der Waals surface area contributed by atoms with Gasteiger partial charge in [-0.15, -0.1) is 12.4 Å². The topological polar surface area (TPSA) is 21.3 Å². The van der Waals surface area contributed by atoms with Crippen molar-refractivity contribution >= 4 is 24.0 Å². The van der Waals surface area contributed by atoms with Gasteiger partial charge in [0.25, 0.3) is 0 Å². The molecule has 1 aromatic rings. The molecule has 0 aromatic heterocycles. The van der Waals surface area contributed by atoms with Crippen LogP contribution in [-0.2, 0) is 11.3 Å². The summed E-state index contributed by atoms with van der Waals surface area (Å²) >= 11 is 5.84. The van der Waals surface area contributed by atoms with Crippen LogP contribution in [-0.4, -0.2) is 19.2 Å². The lowest BCUT2D eigenvalue weighted by molar-refractivity contribution is 0.00760. The summed E-state index contributed by atoms with van der Waals surface area (Å²) in [5, 5.41) is 3.53. The van der Waals surface area contributed by atoms with E-state index in [-0.39, 0.29) is 24.3 Å². The summed E-state index contributed by atoms with van der Waals surface area (Å²) < 4.78 is 18.2. The minimum atomic E-state index is -0.316. The Morgan fingerprint density at radius 3 is 2.73 bits per heavy atom. The van der Waals surface area contributed by atoms with Crippen LogP contribution in [0.25, 0.3) is 0 Å². The number of benzene rings is 1. The molecule has 15 heavy (non-hydrogen) atoms. The second-order valence-electron chi connectivity index (χ2n) is 3.33. The quantitative estimate of drug-likeness (QED) is 0.891. The molecule has 0 unspecified atom stereocenters. The SMILES string of the molecule is Cl.Fc1ccc(COC2CNC2)c(Cl)c1. The molecule has 1 saturated heterocycles. The summed E-state index contributed by atoms with van der Waals surface area (Å²) in [4.78, 5) is 0. The lowest BCUT2D eigenvalue weighted by atomic mass is 10.2. The van der Waals surface area contributed by atoms with Crippen molar-refractivity contribution in [2.24, 2.45) is 0 Å². The van der Waals surface area contributed by atoms with Crippen molar-refractivity contribution in [1.82, 2.24) is 5.32 Å². The predicted octanol–water partition coefficient (Wildman–Crippen LogP) is 2.39. The van der Waals surface area contributed by atoms with Crippen molar-refractivity contribution in [2.45, 2.75) is 12.7 Å². The average Bonchev–Trinajstić information content (AvgIpc) is 2.05. The van der Waals surface area contributed by atoms with Gasteiger partial charge in [-0.25, -0.2) is 4.39 Å². The third kappa shape index (κ3) is 3.31. The molecule has 1 heterocycles. The Morgan fingerprint density at radius 1 is 1.47 bits per heavy atom. The molecule has 0 saturated carbocycles. The summed E-state index contributed by atoms with van der Waals surface area (Å²) in [6.07, 6.45) is 0.274. The summed E-state index contributed by atoms with van der Waals surface area (Å²) in [5.41, 5.74) is 0.833. The number of rotatable bonds is 3. The van der Waals surface area contributed by atoms with Crippen LogP contribution in [0.5, 0.6) is 0 Å². The number of nitrogens with one attached hydrogen (secondary N) is 1. The Balaban J connectivity index is 0.00000112. The van der Waals surface area contributed by atoms with Gasteiger partial charge in [-0.05, 0) is 17.7 Å². The monoisotopic (exact) mass is 251 g/mol. The van der Waals surface area contributed by atoms with E-state index in [2.05, 4.69) is 5.32 Å². The molecule has 1 N–H and O–H groups in total. The number of ether oxygens (including phenoxy) is 1. The van der Waals surface area contributed by atoms with Gasteiger partial charge in [0.2, 0.25) is 0 Å². The highest BCUT2D eigenvalue weighted by Gasteiger charge is 2.17. The van der Waals surface area contributed by atoms with Crippen LogP contribution in [0.15, 0.2) is 18.2 Å². The first-order valence-electron chi connectivity index (χ1n) is 4.52. The molecule has 1 aliphatic heterocycles. The van der Waals surface area contributed by atoms with E-state index in [9.17, 15) is 4.39 Å². The van der Waals surface area contributed by atoms with Gasteiger partial charge < -0.3 is 10.1 Å². The number of hydrogen-bond acceptors (Lipinski definition) is 2. The maximum absolute atomic E-state index is 12.7. The molecular formula is C10H12Cl2FNO. The van der Waals surface area contributed by atoms with Gasteiger partial charge in [-0.2, -0.15) is 0 Å². The van der Waals surface area contributed by atoms with Gasteiger partial charge in [-0.1, -0.05) is 17.7 Å². The van der Waals surface area contributed by atoms with Crippen LogP contribution in [0.2, 0.25) is 5.02 Å². The maximum atomic E-state index is 12.7. The first-order chi connectivity index (χ1) is 6.75. The molecule has 84 valence electrons. The van der Waals surface area contributed by atoms with Gasteiger partial charge in [-0.3, -0.25) is 0 Å². The molecule has 0 aliphatic carbocycles. The standard InChI is InChI=1S/C10H11ClFNO.ClH/c11-10-3-8(12)2-1-7(10)6-14-9-4-13-5-9;/h1-3,9,13H,4-6H2;1H. The van der Waals surface area contributed by atoms with Gasteiger partial charge in [0.1, 0.15) is 5.82 Å². The van der Waals surface area contributed by atoms with Crippen LogP contribution in [0.1, 0.15) is 5.56 Å². The predicted molar refractivity (Wildman–Crippen MR) is 60.1 cm³/mol. The highest BCUT2D eigenvalue weighted by Crippen LogP contribution is 2.18. The largest absolute Gasteiger partial charge is 0.371 e. The fourth-order valence-electron chi connectivity index (χ4n) is 1.23. The fourth-order valence-corrected chi connectivity index (χ4v) is 1.45. The van der Waals surface area contributed by atoms with E-state index < -0.39 is 0 Å². The zero-order valence-corrected chi connectivity index (χ0v) is 9.58. The maximum Gasteiger partial charge on any atom is 0.124 e. The van der Waals surface area contributed by atoms with E-state index in [0.717, 1.165) is 18.7 Å². The first kappa shape index (κ1) is 12.7. The summed E-state index contributed by atoms with van der Waals surface area (Å²) in [6.45, 7) is 2.23. The number of hydrogen-bond donors (Lipinski definition) is 1. The van der Waals surface area contributed by atoms with Crippen molar-refractivity contribution in [3.05, 3.63) is 34.6 Å². The second-order valence-corrected chi connectivity index (χ2v) is 3.73. The Morgan fingerprint density at radius 2 is 2.20 bits per heavy atom. The molecule has 1 aromatic carbocycles. The van der Waals surface area contributed by atoms with Crippen LogP contribution in [0, 0.1) is 5.82 Å². The van der Waals surface area contributed by atoms with Gasteiger partial charge in [0.05, 0.1) is 12.7 Å². The molecular weight excluding hydrogens is 240 g/mol. The van der Waals surface area contributed by atoms with Crippen molar-refractivity contribution in [2.75, 3.05) is 13.1 Å². The Kier molecular flexibility index (Phi) is 4.80. The minimum Gasteiger partial charge on any atom is -0.371 e. The molecule has 0 atom stereocenters. The Bertz CT molecular complexity index is 331. The van der Waals surface area contributed by atoms with Crippen LogP contribution < -0.4 is 5.32 Å². The highest BCUT2D eigenvalue weighted by molar-refractivity contribution is 6.31. The summed E-state index contributed by atoms with van der Waals surface area (Å²) in [6, 6.07) is 4.35. The molecule has 2 rings (SSSR count). The highest BCUT2D eigenvalue weighted by atomic mass is 35.5. The van der Waals surface area contributed by atoms with Gasteiger partial charge in [0, 0.05) is 18.1 Å². The zero-order valence-electron chi connectivity index (χ0n) is 8.00. The fraction of sp³-hybridized carbons (Fsp3) is 0.400. The first-order valence-corrected chi connectivity index (χ1v) is 4.90. The van der Waals surface area contributed by atoms with Crippen molar-refractivity contribution < 1.29 is 9.13 Å². The molecule has 0 spiro atoms. The molecule has 1 aliphatic rings. The van der Waals surface area contributed by atoms with E-state index in [1.807, 2.05) is 0 Å². The number of halogens is 3. The smallest absolute Gasteiger partial charge is 0.124 e. The Labute approximate surface area is 99.2 Å². The van der Waals surface area contributed by atoms with Crippen molar-refractivity contribution in [3.8, 4) is 0 Å². The molecule has 1 fully saturated rings. The molecule has 5 heteroatoms. The summed E-state index contributed by atoms with van der Waals surface area (Å²) in [7, 11) is 0. The van der Waals surface area contributed by atoms with Gasteiger partial charge >= 0.3 is 0 Å². The third-order valence-corrected chi connectivity index (χ3v) is 2.59. The minimum absolute atomic E-state index is 0. The van der Waals surface area contributed by atoms with Crippen molar-refractivity contribution in [1.29, 1.82) is 0 Å². The van der Waals surface area contributed by atoms with E-state index in [1.165, 1.54) is 12.1 Å². The Hall–Kier alpha value is -0.350. The average molecular weight is 252 g/mol. The molecule has 2 nitrogen and oxygen atoms in total. The third-order valence-electron chi connectivity index (χ3n) is 2.23. The second kappa shape index (κ2) is 5.66. The van der Waals surface area contributed by atoms with Crippen LogP contribution >= 0.6 is 24.0 Å². The normalized spacial score (nSPS) is 15.6. The van der Waals surface area contributed by atoms with E-state index in [4.69, 9.17) is 16.3 Å². The zero-order chi connectivity index (χ0) is 9.97. The lowest BCUT2D eigenvalue weighted by Gasteiger charge is -2.27. The molecule has 0 radical (unpaired) electrons. The lowest BCUT2D eigenvalue weighted by Crippen LogP contribution is -2.48. The summed E-state index contributed by atoms with van der Waals surface area (Å²) in [5.74, 6) is -0.316. The van der Waals surface area contributed by atoms with Crippen LogP contribution in [0.3, 0.4) is 0 Å². The molecule has 0 amide bonds.